The second-order valence-electron chi connectivity index (χ2n) is 7.73. The van der Waals surface area contributed by atoms with Crippen LogP contribution in [-0.4, -0.2) is 21.2 Å². The molecule has 166 valence electrons. The molecule has 0 spiro atoms. The zero-order chi connectivity index (χ0) is 23.5. The number of nitrogens with zero attached hydrogens (tertiary/aromatic N) is 3. The van der Waals surface area contributed by atoms with Gasteiger partial charge in [-0.2, -0.15) is 10.2 Å². The first-order chi connectivity index (χ1) is 16.6. The number of imide groups is 1. The monoisotopic (exact) mass is 465 g/mol. The minimum Gasteiger partial charge on any atom is -0.507 e. The molecule has 6 nitrogen and oxygen atoms in total. The number of phenolic OH excluding ortho intramolecular Hbond substituents is 1. The standard InChI is InChI=1S/C27H19N3O3S/c31-24-13-12-23(29-28-22-8-2-1-3-9-22)15-21(24)16-25-26(32)30(27(33)34-25)17-18-10-11-19-6-4-5-7-20(19)14-18/h1-16,31H,17H2/b25-16-,29-28?. The lowest BCUT2D eigenvalue weighted by Crippen LogP contribution is -2.27. The molecular formula is C27H19N3O3S. The van der Waals surface area contributed by atoms with E-state index in [1.165, 1.54) is 17.0 Å². The minimum absolute atomic E-state index is 0.0139. The number of rotatable bonds is 5. The third kappa shape index (κ3) is 4.60. The summed E-state index contributed by atoms with van der Waals surface area (Å²) in [5.74, 6) is -0.404. The molecule has 1 heterocycles. The van der Waals surface area contributed by atoms with Gasteiger partial charge in [-0.25, -0.2) is 0 Å². The van der Waals surface area contributed by atoms with Gasteiger partial charge in [-0.3, -0.25) is 14.5 Å². The number of fused-ring (bicyclic) bond motifs is 1. The van der Waals surface area contributed by atoms with Crippen LogP contribution < -0.4 is 0 Å². The predicted molar refractivity (Wildman–Crippen MR) is 134 cm³/mol. The molecule has 0 saturated carbocycles. The SMILES string of the molecule is O=C1S/C(=C\c2cc(N=Nc3ccccc3)ccc2O)C(=O)N1Cc1ccc2ccccc2c1. The topological polar surface area (TPSA) is 82.3 Å². The fourth-order valence-corrected chi connectivity index (χ4v) is 4.46. The number of amides is 2. The van der Waals surface area contributed by atoms with Gasteiger partial charge < -0.3 is 5.11 Å². The van der Waals surface area contributed by atoms with Crippen molar-refractivity contribution in [1.29, 1.82) is 0 Å². The molecule has 1 fully saturated rings. The zero-order valence-corrected chi connectivity index (χ0v) is 18.8. The molecule has 5 rings (SSSR count). The zero-order valence-electron chi connectivity index (χ0n) is 18.0. The Balaban J connectivity index is 1.37. The average Bonchev–Trinajstić information content (AvgIpc) is 3.12. The first-order valence-corrected chi connectivity index (χ1v) is 11.4. The van der Waals surface area contributed by atoms with Crippen molar-refractivity contribution < 1.29 is 14.7 Å². The first kappa shape index (κ1) is 21.6. The van der Waals surface area contributed by atoms with E-state index in [0.717, 1.165) is 28.1 Å². The lowest BCUT2D eigenvalue weighted by Gasteiger charge is -2.13. The highest BCUT2D eigenvalue weighted by atomic mass is 32.2. The van der Waals surface area contributed by atoms with Gasteiger partial charge >= 0.3 is 0 Å². The van der Waals surface area contributed by atoms with Gasteiger partial charge in [0.25, 0.3) is 11.1 Å². The molecule has 2 amide bonds. The summed E-state index contributed by atoms with van der Waals surface area (Å²) in [6.45, 7) is 0.185. The van der Waals surface area contributed by atoms with Crippen molar-refractivity contribution in [2.24, 2.45) is 10.2 Å². The molecule has 0 bridgehead atoms. The number of carbonyl (C=O) groups is 2. The molecule has 0 aliphatic carbocycles. The van der Waals surface area contributed by atoms with E-state index in [2.05, 4.69) is 10.2 Å². The lowest BCUT2D eigenvalue weighted by molar-refractivity contribution is -0.123. The second kappa shape index (κ2) is 9.33. The van der Waals surface area contributed by atoms with Crippen LogP contribution in [0.1, 0.15) is 11.1 Å². The molecule has 1 aliphatic heterocycles. The number of thioether (sulfide) groups is 1. The number of benzene rings is 4. The molecule has 0 aromatic heterocycles. The van der Waals surface area contributed by atoms with Crippen LogP contribution >= 0.6 is 11.8 Å². The Morgan fingerprint density at radius 1 is 0.794 bits per heavy atom. The van der Waals surface area contributed by atoms with Gasteiger partial charge in [0.15, 0.2) is 0 Å². The molecular weight excluding hydrogens is 446 g/mol. The Hall–Kier alpha value is -4.23. The fourth-order valence-electron chi connectivity index (χ4n) is 3.63. The summed E-state index contributed by atoms with van der Waals surface area (Å²) in [6.07, 6.45) is 1.52. The van der Waals surface area contributed by atoms with E-state index in [9.17, 15) is 14.7 Å². The smallest absolute Gasteiger partial charge is 0.293 e. The summed E-state index contributed by atoms with van der Waals surface area (Å²) in [7, 11) is 0. The highest BCUT2D eigenvalue weighted by Crippen LogP contribution is 2.36. The highest BCUT2D eigenvalue weighted by Gasteiger charge is 2.35. The molecule has 4 aromatic carbocycles. The normalized spacial score (nSPS) is 15.2. The van der Waals surface area contributed by atoms with Crippen molar-refractivity contribution >= 4 is 51.1 Å². The average molecular weight is 466 g/mol. The summed E-state index contributed by atoms with van der Waals surface area (Å²) in [4.78, 5) is 27.1. The maximum Gasteiger partial charge on any atom is 0.293 e. The third-order valence-corrected chi connectivity index (χ3v) is 6.27. The van der Waals surface area contributed by atoms with Crippen LogP contribution in [0.4, 0.5) is 16.2 Å². The largest absolute Gasteiger partial charge is 0.507 e. The van der Waals surface area contributed by atoms with Crippen molar-refractivity contribution in [3.8, 4) is 5.75 Å². The summed E-state index contributed by atoms with van der Waals surface area (Å²) < 4.78 is 0. The summed E-state index contributed by atoms with van der Waals surface area (Å²) in [5.41, 5.74) is 2.48. The predicted octanol–water partition coefficient (Wildman–Crippen LogP) is 7.20. The number of hydrogen-bond donors (Lipinski definition) is 1. The van der Waals surface area contributed by atoms with Crippen molar-refractivity contribution in [3.63, 3.8) is 0 Å². The quantitative estimate of drug-likeness (QED) is 0.250. The summed E-state index contributed by atoms with van der Waals surface area (Å²) in [6, 6.07) is 27.8. The van der Waals surface area contributed by atoms with Gasteiger partial charge in [0.2, 0.25) is 0 Å². The number of hydrogen-bond acceptors (Lipinski definition) is 6. The molecule has 7 heteroatoms. The van der Waals surface area contributed by atoms with Gasteiger partial charge in [0.05, 0.1) is 22.8 Å². The fraction of sp³-hybridized carbons (Fsp3) is 0.0370. The second-order valence-corrected chi connectivity index (χ2v) is 8.72. The minimum atomic E-state index is -0.390. The first-order valence-electron chi connectivity index (χ1n) is 10.6. The van der Waals surface area contributed by atoms with E-state index in [4.69, 9.17) is 0 Å². The summed E-state index contributed by atoms with van der Waals surface area (Å²) >= 11 is 0.858. The summed E-state index contributed by atoms with van der Waals surface area (Å²) in [5, 5.41) is 20.5. The van der Waals surface area contributed by atoms with Crippen LogP contribution in [0.25, 0.3) is 16.8 Å². The van der Waals surface area contributed by atoms with Gasteiger partial charge in [-0.1, -0.05) is 54.6 Å². The van der Waals surface area contributed by atoms with Crippen LogP contribution in [0.2, 0.25) is 0 Å². The van der Waals surface area contributed by atoms with Gasteiger partial charge in [-0.05, 0) is 70.6 Å². The molecule has 1 aliphatic rings. The maximum atomic E-state index is 13.0. The van der Waals surface area contributed by atoms with E-state index >= 15 is 0 Å². The van der Waals surface area contributed by atoms with Crippen molar-refractivity contribution in [2.45, 2.75) is 6.54 Å². The van der Waals surface area contributed by atoms with E-state index in [-0.39, 0.29) is 28.3 Å². The van der Waals surface area contributed by atoms with Crippen molar-refractivity contribution in [1.82, 2.24) is 4.90 Å². The number of azo groups is 1. The Bertz CT molecular complexity index is 1460. The maximum absolute atomic E-state index is 13.0. The molecule has 34 heavy (non-hydrogen) atoms. The molecule has 1 N–H and O–H groups in total. The van der Waals surface area contributed by atoms with E-state index < -0.39 is 0 Å². The van der Waals surface area contributed by atoms with Gasteiger partial charge in [0, 0.05) is 5.56 Å². The van der Waals surface area contributed by atoms with Crippen molar-refractivity contribution in [2.75, 3.05) is 0 Å². The van der Waals surface area contributed by atoms with Crippen LogP contribution in [0.5, 0.6) is 5.75 Å². The van der Waals surface area contributed by atoms with Crippen LogP contribution in [0, 0.1) is 0 Å². The van der Waals surface area contributed by atoms with Gasteiger partial charge in [-0.15, -0.1) is 0 Å². The molecule has 4 aromatic rings. The molecule has 0 unspecified atom stereocenters. The molecule has 0 radical (unpaired) electrons. The van der Waals surface area contributed by atoms with Crippen LogP contribution in [0.3, 0.4) is 0 Å². The van der Waals surface area contributed by atoms with Crippen LogP contribution in [0.15, 0.2) is 106 Å². The Morgan fingerprint density at radius 2 is 1.53 bits per heavy atom. The molecule has 1 saturated heterocycles. The van der Waals surface area contributed by atoms with Crippen LogP contribution in [-0.2, 0) is 11.3 Å². The number of aromatic hydroxyl groups is 1. The lowest BCUT2D eigenvalue weighted by atomic mass is 10.1. The Labute approximate surface area is 200 Å². The molecule has 0 atom stereocenters. The van der Waals surface area contributed by atoms with Crippen molar-refractivity contribution in [3.05, 3.63) is 107 Å². The van der Waals surface area contributed by atoms with E-state index in [0.29, 0.717) is 16.9 Å². The number of carbonyl (C=O) groups excluding carboxylic acids is 2. The Kier molecular flexibility index (Phi) is 5.93. The number of phenols is 1. The Morgan fingerprint density at radius 3 is 2.35 bits per heavy atom. The third-order valence-electron chi connectivity index (χ3n) is 5.36. The van der Waals surface area contributed by atoms with E-state index in [1.807, 2.05) is 72.8 Å². The highest BCUT2D eigenvalue weighted by molar-refractivity contribution is 8.18. The van der Waals surface area contributed by atoms with Gasteiger partial charge in [0.1, 0.15) is 5.75 Å². The van der Waals surface area contributed by atoms with E-state index in [1.54, 1.807) is 12.1 Å².